The molecule has 37 heavy (non-hydrogen) atoms. The highest BCUT2D eigenvalue weighted by atomic mass is 16.4. The molecule has 1 amide bonds. The van der Waals surface area contributed by atoms with Gasteiger partial charge in [-0.1, -0.05) is 5.21 Å². The average molecular weight is 503 g/mol. The minimum absolute atomic E-state index is 0.120. The summed E-state index contributed by atoms with van der Waals surface area (Å²) in [6.07, 6.45) is 6.26. The van der Waals surface area contributed by atoms with Crippen molar-refractivity contribution in [1.82, 2.24) is 39.6 Å². The molecule has 0 radical (unpaired) electrons. The molecule has 1 aliphatic heterocycles. The first-order valence-corrected chi connectivity index (χ1v) is 11.9. The minimum atomic E-state index is -1.06. The average Bonchev–Trinajstić information content (AvgIpc) is 3.50. The fourth-order valence-corrected chi connectivity index (χ4v) is 4.42. The Morgan fingerprint density at radius 2 is 2.00 bits per heavy atom. The number of aliphatic hydroxyl groups is 1. The van der Waals surface area contributed by atoms with Gasteiger partial charge < -0.3 is 20.4 Å². The van der Waals surface area contributed by atoms with Crippen molar-refractivity contribution in [2.45, 2.75) is 44.9 Å². The van der Waals surface area contributed by atoms with Gasteiger partial charge in [-0.25, -0.2) is 19.4 Å². The van der Waals surface area contributed by atoms with E-state index in [-0.39, 0.29) is 25.7 Å². The molecule has 13 heteroatoms. The molecule has 5 heterocycles. The number of nitrogens with zero attached hydrogens (tertiary/aromatic N) is 9. The Kier molecular flexibility index (Phi) is 6.18. The predicted octanol–water partition coefficient (Wildman–Crippen LogP) is 2.27. The van der Waals surface area contributed by atoms with Gasteiger partial charge in [0.25, 0.3) is 0 Å². The van der Waals surface area contributed by atoms with Crippen molar-refractivity contribution >= 4 is 22.8 Å². The summed E-state index contributed by atoms with van der Waals surface area (Å²) in [5.74, 6) is 0.547. The van der Waals surface area contributed by atoms with Crippen molar-refractivity contribution in [3.05, 3.63) is 42.5 Å². The number of anilines is 1. The quantitative estimate of drug-likeness (QED) is 0.355. The van der Waals surface area contributed by atoms with Gasteiger partial charge in [0.15, 0.2) is 11.5 Å². The number of nitrogens with one attached hydrogen (secondary N) is 1. The Bertz CT molecular complexity index is 1490. The number of carboxylic acid groups (broad SMARTS) is 1. The summed E-state index contributed by atoms with van der Waals surface area (Å²) in [6.45, 7) is 4.80. The SMILES string of the molecule is CC(C)Nc1cc(-n2ncc3cc(C#N)cnc32)ncc1-c1cn(CC2(O)CCN(C(=O)O)CC2)nn1. The van der Waals surface area contributed by atoms with Crippen LogP contribution in [-0.2, 0) is 6.54 Å². The summed E-state index contributed by atoms with van der Waals surface area (Å²) in [5, 5.41) is 46.3. The summed E-state index contributed by atoms with van der Waals surface area (Å²) in [4.78, 5) is 21.4. The third-order valence-electron chi connectivity index (χ3n) is 6.32. The summed E-state index contributed by atoms with van der Waals surface area (Å²) in [6, 6.07) is 5.78. The highest BCUT2D eigenvalue weighted by Crippen LogP contribution is 2.30. The van der Waals surface area contributed by atoms with Crippen LogP contribution in [0.15, 0.2) is 36.9 Å². The Morgan fingerprint density at radius 3 is 2.70 bits per heavy atom. The second kappa shape index (κ2) is 9.47. The maximum Gasteiger partial charge on any atom is 0.407 e. The van der Waals surface area contributed by atoms with Crippen molar-refractivity contribution < 1.29 is 15.0 Å². The molecule has 0 atom stereocenters. The maximum absolute atomic E-state index is 11.2. The molecule has 1 aliphatic rings. The lowest BCUT2D eigenvalue weighted by Crippen LogP contribution is -2.48. The van der Waals surface area contributed by atoms with E-state index in [0.717, 1.165) is 16.6 Å². The lowest BCUT2D eigenvalue weighted by molar-refractivity contribution is -0.0323. The van der Waals surface area contributed by atoms with Crippen LogP contribution in [-0.4, -0.2) is 80.7 Å². The van der Waals surface area contributed by atoms with Gasteiger partial charge >= 0.3 is 6.09 Å². The number of pyridine rings is 2. The third kappa shape index (κ3) is 4.91. The third-order valence-corrected chi connectivity index (χ3v) is 6.32. The molecular weight excluding hydrogens is 476 g/mol. The molecule has 0 unspecified atom stereocenters. The molecule has 0 aliphatic carbocycles. The standard InChI is InChI=1S/C24H26N10O3/c1-15(2)29-19-8-21(34-22-17(11-28-34)7-16(9-25)10-27-22)26-12-18(19)20-13-33(31-30-20)14-24(37)3-5-32(6-4-24)23(35)36/h7-8,10-13,15,37H,3-6,14H2,1-2H3,(H,26,29)(H,35,36). The number of likely N-dealkylation sites (tertiary alicyclic amines) is 1. The Morgan fingerprint density at radius 1 is 1.22 bits per heavy atom. The molecule has 0 aromatic carbocycles. The zero-order valence-corrected chi connectivity index (χ0v) is 20.4. The van der Waals surface area contributed by atoms with Crippen LogP contribution >= 0.6 is 0 Å². The number of fused-ring (bicyclic) bond motifs is 1. The molecule has 0 spiro atoms. The molecule has 5 rings (SSSR count). The Hall–Kier alpha value is -4.57. The highest BCUT2D eigenvalue weighted by Gasteiger charge is 2.34. The summed E-state index contributed by atoms with van der Waals surface area (Å²) in [5.41, 5.74) is 2.07. The van der Waals surface area contributed by atoms with Gasteiger partial charge in [0, 0.05) is 54.2 Å². The van der Waals surface area contributed by atoms with Crippen LogP contribution in [0.3, 0.4) is 0 Å². The summed E-state index contributed by atoms with van der Waals surface area (Å²) >= 11 is 0. The number of carbonyl (C=O) groups is 1. The van der Waals surface area contributed by atoms with Gasteiger partial charge in [0.1, 0.15) is 11.8 Å². The monoisotopic (exact) mass is 502 g/mol. The fraction of sp³-hybridized carbons (Fsp3) is 0.375. The molecule has 1 saturated heterocycles. The normalized spacial score (nSPS) is 15.2. The van der Waals surface area contributed by atoms with E-state index in [1.807, 2.05) is 19.9 Å². The van der Waals surface area contributed by atoms with Gasteiger partial charge in [-0.3, -0.25) is 0 Å². The van der Waals surface area contributed by atoms with E-state index in [1.165, 1.54) is 11.1 Å². The number of aromatic nitrogens is 7. The van der Waals surface area contributed by atoms with E-state index in [0.29, 0.717) is 35.6 Å². The van der Waals surface area contributed by atoms with Gasteiger partial charge in [-0.15, -0.1) is 5.10 Å². The highest BCUT2D eigenvalue weighted by molar-refractivity contribution is 5.79. The van der Waals surface area contributed by atoms with Crippen LogP contribution in [0.25, 0.3) is 28.1 Å². The van der Waals surface area contributed by atoms with Crippen molar-refractivity contribution in [2.24, 2.45) is 0 Å². The predicted molar refractivity (Wildman–Crippen MR) is 133 cm³/mol. The van der Waals surface area contributed by atoms with Crippen LogP contribution in [0.2, 0.25) is 0 Å². The maximum atomic E-state index is 11.2. The largest absolute Gasteiger partial charge is 0.465 e. The second-order valence-corrected chi connectivity index (χ2v) is 9.49. The first-order valence-electron chi connectivity index (χ1n) is 11.9. The minimum Gasteiger partial charge on any atom is -0.465 e. The second-order valence-electron chi connectivity index (χ2n) is 9.49. The van der Waals surface area contributed by atoms with Crippen LogP contribution in [0.5, 0.6) is 0 Å². The number of nitriles is 1. The number of piperidine rings is 1. The Balaban J connectivity index is 1.42. The number of rotatable bonds is 6. The first kappa shape index (κ1) is 24.1. The van der Waals surface area contributed by atoms with Crippen molar-refractivity contribution in [1.29, 1.82) is 5.26 Å². The van der Waals surface area contributed by atoms with Gasteiger partial charge in [-0.2, -0.15) is 15.0 Å². The molecule has 1 fully saturated rings. The molecule has 4 aromatic heterocycles. The molecule has 3 N–H and O–H groups in total. The van der Waals surface area contributed by atoms with E-state index in [9.17, 15) is 9.90 Å². The molecule has 0 bridgehead atoms. The van der Waals surface area contributed by atoms with Crippen LogP contribution < -0.4 is 5.32 Å². The lowest BCUT2D eigenvalue weighted by atomic mass is 9.91. The molecule has 13 nitrogen and oxygen atoms in total. The van der Waals surface area contributed by atoms with Gasteiger partial charge in [0.05, 0.1) is 30.1 Å². The molecular formula is C24H26N10O3. The fourth-order valence-electron chi connectivity index (χ4n) is 4.42. The van der Waals surface area contributed by atoms with Crippen molar-refractivity contribution in [3.63, 3.8) is 0 Å². The topological polar surface area (TPSA) is 171 Å². The summed E-state index contributed by atoms with van der Waals surface area (Å²) < 4.78 is 3.19. The molecule has 190 valence electrons. The van der Waals surface area contributed by atoms with E-state index >= 15 is 0 Å². The zero-order valence-electron chi connectivity index (χ0n) is 20.4. The number of hydrogen-bond donors (Lipinski definition) is 3. The van der Waals surface area contributed by atoms with Crippen LogP contribution in [0.1, 0.15) is 32.3 Å². The van der Waals surface area contributed by atoms with Gasteiger partial charge in [0.2, 0.25) is 0 Å². The first-order chi connectivity index (χ1) is 17.7. The number of hydrogen-bond acceptors (Lipinski definition) is 9. The van der Waals surface area contributed by atoms with Crippen molar-refractivity contribution in [2.75, 3.05) is 18.4 Å². The number of amides is 1. The Labute approximate surface area is 212 Å². The van der Waals surface area contributed by atoms with Crippen LogP contribution in [0.4, 0.5) is 10.5 Å². The smallest absolute Gasteiger partial charge is 0.407 e. The van der Waals surface area contributed by atoms with E-state index in [1.54, 1.807) is 34.0 Å². The molecule has 0 saturated carbocycles. The van der Waals surface area contributed by atoms with Crippen molar-refractivity contribution in [3.8, 4) is 23.1 Å². The van der Waals surface area contributed by atoms with E-state index < -0.39 is 11.7 Å². The van der Waals surface area contributed by atoms with Crippen LogP contribution in [0, 0.1) is 11.3 Å². The lowest BCUT2D eigenvalue weighted by Gasteiger charge is -2.36. The van der Waals surface area contributed by atoms with E-state index in [2.05, 4.69) is 36.8 Å². The van der Waals surface area contributed by atoms with Gasteiger partial charge in [-0.05, 0) is 32.8 Å². The molecule has 4 aromatic rings. The summed E-state index contributed by atoms with van der Waals surface area (Å²) in [7, 11) is 0. The zero-order chi connectivity index (χ0) is 26.2. The van der Waals surface area contributed by atoms with E-state index in [4.69, 9.17) is 10.4 Å².